The maximum atomic E-state index is 12.3. The van der Waals surface area contributed by atoms with Crippen LogP contribution in [0, 0.1) is 4.91 Å². The van der Waals surface area contributed by atoms with Crippen molar-refractivity contribution >= 4 is 11.6 Å². The monoisotopic (exact) mass is 370 g/mol. The summed E-state index contributed by atoms with van der Waals surface area (Å²) in [4.78, 5) is 22.9. The van der Waals surface area contributed by atoms with Gasteiger partial charge >= 0.3 is 0 Å². The zero-order chi connectivity index (χ0) is 19.5. The largest absolute Gasteiger partial charge is 0.391 e. The average Bonchev–Trinajstić information content (AvgIpc) is 2.67. The van der Waals surface area contributed by atoms with E-state index in [0.717, 1.165) is 11.1 Å². The molecule has 0 aliphatic rings. The molecule has 0 heterocycles. The number of ether oxygens (including phenoxy) is 1. The standard InChI is InChI=1S/C21H26N2O4/c1-16(24)14-27-15-20(13-18-7-10-19(23-26)11-8-18)22-21(25)12-9-17-5-3-2-4-6-17/h2-8,10-11,16,20,24H,9,12-15H2,1H3,(H,22,25). The van der Waals surface area contributed by atoms with Crippen molar-refractivity contribution in [3.05, 3.63) is 70.6 Å². The van der Waals surface area contributed by atoms with Gasteiger partial charge in [-0.05, 0) is 48.2 Å². The number of aryl methyl sites for hydroxylation is 1. The van der Waals surface area contributed by atoms with Crippen molar-refractivity contribution in [1.29, 1.82) is 0 Å². The number of nitroso groups, excluding NO2 is 1. The second-order valence-electron chi connectivity index (χ2n) is 6.60. The van der Waals surface area contributed by atoms with E-state index >= 15 is 0 Å². The van der Waals surface area contributed by atoms with Gasteiger partial charge in [-0.25, -0.2) is 0 Å². The van der Waals surface area contributed by atoms with Gasteiger partial charge in [0.1, 0.15) is 5.69 Å². The molecule has 2 aromatic rings. The molecule has 2 N–H and O–H groups in total. The van der Waals surface area contributed by atoms with Crippen LogP contribution < -0.4 is 5.32 Å². The highest BCUT2D eigenvalue weighted by Crippen LogP contribution is 2.14. The summed E-state index contributed by atoms with van der Waals surface area (Å²) in [5.74, 6) is -0.0457. The molecule has 0 bridgehead atoms. The van der Waals surface area contributed by atoms with Crippen molar-refractivity contribution < 1.29 is 14.6 Å². The molecule has 0 spiro atoms. The third kappa shape index (κ3) is 8.11. The second kappa shape index (κ2) is 11.2. The number of nitrogens with one attached hydrogen (secondary N) is 1. The van der Waals surface area contributed by atoms with E-state index in [0.29, 0.717) is 31.6 Å². The number of carbonyl (C=O) groups excluding carboxylic acids is 1. The van der Waals surface area contributed by atoms with Gasteiger partial charge in [-0.1, -0.05) is 42.5 Å². The first kappa shape index (κ1) is 20.7. The maximum absolute atomic E-state index is 12.3. The Balaban J connectivity index is 1.91. The molecular formula is C21H26N2O4. The Kier molecular flexibility index (Phi) is 8.61. The molecule has 2 atom stereocenters. The molecule has 0 saturated heterocycles. The van der Waals surface area contributed by atoms with Crippen molar-refractivity contribution in [2.45, 2.75) is 38.3 Å². The van der Waals surface area contributed by atoms with E-state index in [9.17, 15) is 14.8 Å². The molecule has 2 aromatic carbocycles. The van der Waals surface area contributed by atoms with Crippen molar-refractivity contribution in [3.8, 4) is 0 Å². The third-order valence-corrected chi connectivity index (χ3v) is 4.05. The molecule has 1 amide bonds. The number of hydrogen-bond donors (Lipinski definition) is 2. The lowest BCUT2D eigenvalue weighted by molar-refractivity contribution is -0.122. The van der Waals surface area contributed by atoms with Crippen LogP contribution in [-0.4, -0.2) is 36.4 Å². The number of aliphatic hydroxyl groups excluding tert-OH is 1. The zero-order valence-electron chi connectivity index (χ0n) is 15.5. The number of nitrogens with zero attached hydrogens (tertiary/aromatic N) is 1. The van der Waals surface area contributed by atoms with Crippen molar-refractivity contribution in [2.75, 3.05) is 13.2 Å². The molecule has 0 aromatic heterocycles. The average molecular weight is 370 g/mol. The van der Waals surface area contributed by atoms with Gasteiger partial charge in [-0.2, -0.15) is 0 Å². The fourth-order valence-corrected chi connectivity index (χ4v) is 2.71. The summed E-state index contributed by atoms with van der Waals surface area (Å²) in [7, 11) is 0. The van der Waals surface area contributed by atoms with Gasteiger partial charge in [0.2, 0.25) is 5.91 Å². The first-order valence-corrected chi connectivity index (χ1v) is 9.08. The molecule has 0 radical (unpaired) electrons. The minimum atomic E-state index is -0.558. The highest BCUT2D eigenvalue weighted by molar-refractivity contribution is 5.76. The molecular weight excluding hydrogens is 344 g/mol. The fraction of sp³-hybridized carbons (Fsp3) is 0.381. The highest BCUT2D eigenvalue weighted by atomic mass is 16.5. The smallest absolute Gasteiger partial charge is 0.220 e. The van der Waals surface area contributed by atoms with Crippen LogP contribution in [0.4, 0.5) is 5.69 Å². The molecule has 2 unspecified atom stereocenters. The van der Waals surface area contributed by atoms with Gasteiger partial charge in [-0.15, -0.1) is 4.91 Å². The first-order chi connectivity index (χ1) is 13.1. The normalized spacial score (nSPS) is 13.0. The lowest BCUT2D eigenvalue weighted by Gasteiger charge is -2.20. The third-order valence-electron chi connectivity index (χ3n) is 4.05. The predicted molar refractivity (Wildman–Crippen MR) is 105 cm³/mol. The first-order valence-electron chi connectivity index (χ1n) is 9.08. The van der Waals surface area contributed by atoms with Crippen LogP contribution >= 0.6 is 0 Å². The Hall–Kier alpha value is -2.57. The predicted octanol–water partition coefficient (Wildman–Crippen LogP) is 3.14. The van der Waals surface area contributed by atoms with E-state index in [1.807, 2.05) is 42.5 Å². The van der Waals surface area contributed by atoms with Gasteiger partial charge in [0.05, 0.1) is 25.4 Å². The highest BCUT2D eigenvalue weighted by Gasteiger charge is 2.14. The Morgan fingerprint density at radius 1 is 1.07 bits per heavy atom. The molecule has 0 aliphatic heterocycles. The summed E-state index contributed by atoms with van der Waals surface area (Å²) in [5, 5.41) is 15.2. The van der Waals surface area contributed by atoms with Crippen LogP contribution in [0.3, 0.4) is 0 Å². The van der Waals surface area contributed by atoms with Gasteiger partial charge in [-0.3, -0.25) is 4.79 Å². The molecule has 144 valence electrons. The SMILES string of the molecule is CC(O)COCC(Cc1ccc(N=O)cc1)NC(=O)CCc1ccccc1. The Labute approximate surface area is 159 Å². The summed E-state index contributed by atoms with van der Waals surface area (Å²) in [6.07, 6.45) is 1.08. The lowest BCUT2D eigenvalue weighted by atomic mass is 10.1. The molecule has 0 fully saturated rings. The van der Waals surface area contributed by atoms with Crippen LogP contribution in [0.15, 0.2) is 59.8 Å². The molecule has 2 rings (SSSR count). The molecule has 0 aliphatic carbocycles. The molecule has 6 nitrogen and oxygen atoms in total. The summed E-state index contributed by atoms with van der Waals surface area (Å²) >= 11 is 0. The summed E-state index contributed by atoms with van der Waals surface area (Å²) in [6, 6.07) is 16.6. The second-order valence-corrected chi connectivity index (χ2v) is 6.60. The molecule has 27 heavy (non-hydrogen) atoms. The summed E-state index contributed by atoms with van der Waals surface area (Å²) < 4.78 is 5.50. The molecule has 6 heteroatoms. The minimum Gasteiger partial charge on any atom is -0.391 e. The number of aliphatic hydroxyl groups is 1. The number of rotatable bonds is 11. The van der Waals surface area contributed by atoms with Crippen LogP contribution in [0.5, 0.6) is 0 Å². The number of carbonyl (C=O) groups is 1. The number of amides is 1. The van der Waals surface area contributed by atoms with Gasteiger partial charge in [0.25, 0.3) is 0 Å². The molecule has 0 saturated carbocycles. The number of hydrogen-bond acceptors (Lipinski definition) is 5. The summed E-state index contributed by atoms with van der Waals surface area (Å²) in [5.41, 5.74) is 2.45. The van der Waals surface area contributed by atoms with E-state index in [2.05, 4.69) is 10.5 Å². The van der Waals surface area contributed by atoms with E-state index in [-0.39, 0.29) is 18.6 Å². The topological polar surface area (TPSA) is 88.0 Å². The van der Waals surface area contributed by atoms with Crippen LogP contribution in [0.2, 0.25) is 0 Å². The Morgan fingerprint density at radius 3 is 2.41 bits per heavy atom. The van der Waals surface area contributed by atoms with Crippen LogP contribution in [0.1, 0.15) is 24.5 Å². The van der Waals surface area contributed by atoms with Gasteiger partial charge in [0.15, 0.2) is 0 Å². The summed E-state index contributed by atoms with van der Waals surface area (Å²) in [6.45, 7) is 2.17. The fourth-order valence-electron chi connectivity index (χ4n) is 2.71. The van der Waals surface area contributed by atoms with Crippen LogP contribution in [0.25, 0.3) is 0 Å². The zero-order valence-corrected chi connectivity index (χ0v) is 15.5. The number of benzene rings is 2. The van der Waals surface area contributed by atoms with Crippen molar-refractivity contribution in [3.63, 3.8) is 0 Å². The van der Waals surface area contributed by atoms with E-state index < -0.39 is 6.10 Å². The quantitative estimate of drug-likeness (QED) is 0.595. The van der Waals surface area contributed by atoms with Crippen molar-refractivity contribution in [2.24, 2.45) is 5.18 Å². The van der Waals surface area contributed by atoms with Crippen LogP contribution in [-0.2, 0) is 22.4 Å². The van der Waals surface area contributed by atoms with E-state index in [1.165, 1.54) is 0 Å². The lowest BCUT2D eigenvalue weighted by Crippen LogP contribution is -2.40. The minimum absolute atomic E-state index is 0.0457. The van der Waals surface area contributed by atoms with Crippen molar-refractivity contribution in [1.82, 2.24) is 5.32 Å². The van der Waals surface area contributed by atoms with Gasteiger partial charge < -0.3 is 15.2 Å². The van der Waals surface area contributed by atoms with Gasteiger partial charge in [0, 0.05) is 6.42 Å². The van der Waals surface area contributed by atoms with E-state index in [1.54, 1.807) is 19.1 Å². The Bertz CT molecular complexity index is 702. The Morgan fingerprint density at radius 2 is 1.78 bits per heavy atom. The van der Waals surface area contributed by atoms with E-state index in [4.69, 9.17) is 4.74 Å². The maximum Gasteiger partial charge on any atom is 0.220 e.